The van der Waals surface area contributed by atoms with Crippen LogP contribution >= 0.6 is 35.0 Å². The maximum atomic E-state index is 6.41. The first-order chi connectivity index (χ1) is 13.2. The molecule has 0 unspecified atom stereocenters. The number of benzene rings is 3. The largest absolute Gasteiger partial charge is 0.270 e. The fourth-order valence-corrected chi connectivity index (χ4v) is 3.97. The monoisotopic (exact) mass is 411 g/mol. The zero-order valence-electron chi connectivity index (χ0n) is 14.2. The molecule has 0 saturated carbocycles. The van der Waals surface area contributed by atoms with Crippen LogP contribution in [-0.4, -0.2) is 14.8 Å². The van der Waals surface area contributed by atoms with Crippen molar-refractivity contribution in [1.82, 2.24) is 14.8 Å². The highest BCUT2D eigenvalue weighted by atomic mass is 35.5. The van der Waals surface area contributed by atoms with E-state index in [1.165, 1.54) is 5.56 Å². The van der Waals surface area contributed by atoms with Gasteiger partial charge in [0, 0.05) is 22.0 Å². The van der Waals surface area contributed by atoms with Gasteiger partial charge in [-0.3, -0.25) is 4.57 Å². The van der Waals surface area contributed by atoms with Gasteiger partial charge >= 0.3 is 0 Å². The van der Waals surface area contributed by atoms with Crippen molar-refractivity contribution in [2.45, 2.75) is 10.9 Å². The fourth-order valence-electron chi connectivity index (χ4n) is 2.72. The molecule has 0 N–H and O–H groups in total. The van der Waals surface area contributed by atoms with Crippen LogP contribution in [0.3, 0.4) is 0 Å². The zero-order valence-corrected chi connectivity index (χ0v) is 16.5. The molecule has 0 spiro atoms. The Bertz CT molecular complexity index is 1050. The molecule has 0 aliphatic rings. The van der Waals surface area contributed by atoms with Crippen molar-refractivity contribution in [1.29, 1.82) is 0 Å². The molecule has 1 aromatic heterocycles. The van der Waals surface area contributed by atoms with Crippen molar-refractivity contribution >= 4 is 35.0 Å². The second-order valence-electron chi connectivity index (χ2n) is 5.87. The van der Waals surface area contributed by atoms with Crippen molar-refractivity contribution in [3.8, 4) is 17.1 Å². The predicted molar refractivity (Wildman–Crippen MR) is 113 cm³/mol. The summed E-state index contributed by atoms with van der Waals surface area (Å²) in [6.45, 7) is 0. The van der Waals surface area contributed by atoms with Gasteiger partial charge in [0.05, 0.1) is 5.02 Å². The SMILES string of the molecule is Clc1ccc(CSc2nnc(-c3ccccc3Cl)n2-c2ccccc2)cc1. The van der Waals surface area contributed by atoms with E-state index in [-0.39, 0.29) is 0 Å². The summed E-state index contributed by atoms with van der Waals surface area (Å²) >= 11 is 14.0. The molecule has 1 heterocycles. The molecule has 0 aliphatic heterocycles. The highest BCUT2D eigenvalue weighted by Gasteiger charge is 2.17. The van der Waals surface area contributed by atoms with Crippen molar-refractivity contribution in [3.05, 3.63) is 94.5 Å². The van der Waals surface area contributed by atoms with Crippen LogP contribution < -0.4 is 0 Å². The van der Waals surface area contributed by atoms with Crippen LogP contribution in [0.5, 0.6) is 0 Å². The van der Waals surface area contributed by atoms with Gasteiger partial charge in [0.15, 0.2) is 11.0 Å². The van der Waals surface area contributed by atoms with Crippen molar-refractivity contribution in [2.24, 2.45) is 0 Å². The summed E-state index contributed by atoms with van der Waals surface area (Å²) in [7, 11) is 0. The molecule has 0 radical (unpaired) electrons. The van der Waals surface area contributed by atoms with Crippen LogP contribution in [0.4, 0.5) is 0 Å². The van der Waals surface area contributed by atoms with Crippen molar-refractivity contribution in [3.63, 3.8) is 0 Å². The van der Waals surface area contributed by atoms with Gasteiger partial charge < -0.3 is 0 Å². The van der Waals surface area contributed by atoms with E-state index in [0.717, 1.165) is 33.0 Å². The quantitative estimate of drug-likeness (QED) is 0.349. The first-order valence-electron chi connectivity index (χ1n) is 8.35. The minimum Gasteiger partial charge on any atom is -0.270 e. The molecule has 4 rings (SSSR count). The molecule has 6 heteroatoms. The number of thioether (sulfide) groups is 1. The average molecular weight is 412 g/mol. The first kappa shape index (κ1) is 18.1. The Kier molecular flexibility index (Phi) is 5.48. The van der Waals surface area contributed by atoms with Crippen LogP contribution in [0.1, 0.15) is 5.56 Å². The van der Waals surface area contributed by atoms with Crippen LogP contribution in [0.2, 0.25) is 10.0 Å². The van der Waals surface area contributed by atoms with Gasteiger partial charge in [-0.15, -0.1) is 10.2 Å². The van der Waals surface area contributed by atoms with Crippen LogP contribution in [0, 0.1) is 0 Å². The van der Waals surface area contributed by atoms with E-state index in [0.29, 0.717) is 5.02 Å². The lowest BCUT2D eigenvalue weighted by Gasteiger charge is -2.11. The number of halogens is 2. The summed E-state index contributed by atoms with van der Waals surface area (Å²) < 4.78 is 2.04. The van der Waals surface area contributed by atoms with Crippen molar-refractivity contribution < 1.29 is 0 Å². The molecule has 0 aliphatic carbocycles. The predicted octanol–water partition coefficient (Wildman–Crippen LogP) is 6.53. The summed E-state index contributed by atoms with van der Waals surface area (Å²) in [5.41, 5.74) is 3.02. The average Bonchev–Trinajstić information content (AvgIpc) is 3.12. The summed E-state index contributed by atoms with van der Waals surface area (Å²) in [5, 5.41) is 11.1. The molecule has 3 nitrogen and oxygen atoms in total. The van der Waals surface area contributed by atoms with Crippen LogP contribution in [-0.2, 0) is 5.75 Å². The lowest BCUT2D eigenvalue weighted by molar-refractivity contribution is 0.886. The molecular formula is C21H15Cl2N3S. The molecular weight excluding hydrogens is 397 g/mol. The lowest BCUT2D eigenvalue weighted by atomic mass is 10.2. The third-order valence-corrected chi connectivity index (χ3v) is 5.63. The van der Waals surface area contributed by atoms with Gasteiger partial charge in [0.2, 0.25) is 0 Å². The maximum absolute atomic E-state index is 6.41. The summed E-state index contributed by atoms with van der Waals surface area (Å²) in [5.74, 6) is 1.50. The molecule has 0 saturated heterocycles. The molecule has 4 aromatic rings. The minimum absolute atomic E-state index is 0.649. The molecule has 3 aromatic carbocycles. The summed E-state index contributed by atoms with van der Waals surface area (Å²) in [6.07, 6.45) is 0. The lowest BCUT2D eigenvalue weighted by Crippen LogP contribution is -2.00. The Labute approximate surface area is 172 Å². The highest BCUT2D eigenvalue weighted by Crippen LogP contribution is 2.32. The van der Waals surface area contributed by atoms with E-state index in [1.807, 2.05) is 83.4 Å². The number of hydrogen-bond donors (Lipinski definition) is 0. The fraction of sp³-hybridized carbons (Fsp3) is 0.0476. The standard InChI is InChI=1S/C21H15Cl2N3S/c22-16-12-10-15(11-13-16)14-27-21-25-24-20(18-8-4-5-9-19(18)23)26(21)17-6-2-1-3-7-17/h1-13H,14H2. The molecule has 134 valence electrons. The van der Waals surface area contributed by atoms with E-state index < -0.39 is 0 Å². The number of nitrogens with zero attached hydrogens (tertiary/aromatic N) is 3. The second kappa shape index (κ2) is 8.17. The molecule has 0 fully saturated rings. The van der Waals surface area contributed by atoms with Gasteiger partial charge in [-0.2, -0.15) is 0 Å². The molecule has 27 heavy (non-hydrogen) atoms. The zero-order chi connectivity index (χ0) is 18.6. The highest BCUT2D eigenvalue weighted by molar-refractivity contribution is 7.98. The molecule has 0 atom stereocenters. The third kappa shape index (κ3) is 4.03. The molecule has 0 amide bonds. The third-order valence-electron chi connectivity index (χ3n) is 4.04. The Morgan fingerprint density at radius 1 is 0.778 bits per heavy atom. The number of aromatic nitrogens is 3. The minimum atomic E-state index is 0.649. The summed E-state index contributed by atoms with van der Waals surface area (Å²) in [4.78, 5) is 0. The Hall–Kier alpha value is -2.27. The van der Waals surface area contributed by atoms with Gasteiger partial charge in [-0.05, 0) is 42.0 Å². The topological polar surface area (TPSA) is 30.7 Å². The van der Waals surface area contributed by atoms with Crippen molar-refractivity contribution in [2.75, 3.05) is 0 Å². The van der Waals surface area contributed by atoms with E-state index in [9.17, 15) is 0 Å². The maximum Gasteiger partial charge on any atom is 0.196 e. The normalized spacial score (nSPS) is 10.9. The Balaban J connectivity index is 1.73. The number of hydrogen-bond acceptors (Lipinski definition) is 3. The molecule has 0 bridgehead atoms. The Morgan fingerprint density at radius 3 is 2.22 bits per heavy atom. The van der Waals surface area contributed by atoms with Crippen LogP contribution in [0.15, 0.2) is 84.0 Å². The van der Waals surface area contributed by atoms with Gasteiger partial charge in [-0.1, -0.05) is 77.4 Å². The van der Waals surface area contributed by atoms with E-state index >= 15 is 0 Å². The number of rotatable bonds is 5. The first-order valence-corrected chi connectivity index (χ1v) is 10.1. The van der Waals surface area contributed by atoms with Gasteiger partial charge in [0.25, 0.3) is 0 Å². The van der Waals surface area contributed by atoms with Gasteiger partial charge in [-0.25, -0.2) is 0 Å². The van der Waals surface area contributed by atoms with E-state index in [2.05, 4.69) is 10.2 Å². The Morgan fingerprint density at radius 2 is 1.48 bits per heavy atom. The van der Waals surface area contributed by atoms with E-state index in [1.54, 1.807) is 11.8 Å². The van der Waals surface area contributed by atoms with Gasteiger partial charge in [0.1, 0.15) is 0 Å². The van der Waals surface area contributed by atoms with E-state index in [4.69, 9.17) is 23.2 Å². The second-order valence-corrected chi connectivity index (χ2v) is 7.66. The summed E-state index contributed by atoms with van der Waals surface area (Å²) in [6, 6.07) is 25.6. The number of para-hydroxylation sites is 1. The van der Waals surface area contributed by atoms with Crippen LogP contribution in [0.25, 0.3) is 17.1 Å². The smallest absolute Gasteiger partial charge is 0.196 e.